The number of methoxy groups -OCH3 is 1. The fourth-order valence-corrected chi connectivity index (χ4v) is 1.50. The molecule has 3 nitrogen and oxygen atoms in total. The van der Waals surface area contributed by atoms with Crippen LogP contribution in [-0.2, 0) is 22.6 Å². The third kappa shape index (κ3) is 5.58. The van der Waals surface area contributed by atoms with E-state index in [0.717, 1.165) is 12.1 Å². The van der Waals surface area contributed by atoms with Gasteiger partial charge in [0.2, 0.25) is 0 Å². The molecule has 0 fully saturated rings. The second kappa shape index (κ2) is 8.19. The molecule has 0 saturated heterocycles. The van der Waals surface area contributed by atoms with Crippen LogP contribution >= 0.6 is 0 Å². The van der Waals surface area contributed by atoms with Crippen molar-refractivity contribution in [2.24, 2.45) is 0 Å². The Morgan fingerprint density at radius 1 is 1.28 bits per heavy atom. The maximum absolute atomic E-state index is 13.5. The second-order valence-electron chi connectivity index (χ2n) is 4.51. The normalized spacial score (nSPS) is 11.2. The third-order valence-corrected chi connectivity index (χ3v) is 2.51. The fourth-order valence-electron chi connectivity index (χ4n) is 1.50. The van der Waals surface area contributed by atoms with Crippen LogP contribution in [-0.4, -0.2) is 26.4 Å². The molecule has 0 unspecified atom stereocenters. The van der Waals surface area contributed by atoms with Crippen LogP contribution in [0.15, 0.2) is 18.2 Å². The molecule has 1 rings (SSSR count). The summed E-state index contributed by atoms with van der Waals surface area (Å²) >= 11 is 0. The first-order chi connectivity index (χ1) is 8.63. The van der Waals surface area contributed by atoms with Crippen molar-refractivity contribution in [2.45, 2.75) is 33.0 Å². The van der Waals surface area contributed by atoms with Gasteiger partial charge in [0.15, 0.2) is 0 Å². The first kappa shape index (κ1) is 15.1. The summed E-state index contributed by atoms with van der Waals surface area (Å²) in [5.41, 5.74) is 1.66. The lowest BCUT2D eigenvalue weighted by Crippen LogP contribution is -2.21. The van der Waals surface area contributed by atoms with Gasteiger partial charge in [-0.3, -0.25) is 0 Å². The number of hydrogen-bond acceptors (Lipinski definition) is 3. The molecule has 0 heterocycles. The lowest BCUT2D eigenvalue weighted by Gasteiger charge is -2.10. The Labute approximate surface area is 108 Å². The first-order valence-electron chi connectivity index (χ1n) is 6.21. The Morgan fingerprint density at radius 2 is 2.06 bits per heavy atom. The molecule has 0 amide bonds. The molecule has 0 aliphatic carbocycles. The van der Waals surface area contributed by atoms with Crippen molar-refractivity contribution in [3.8, 4) is 0 Å². The molecule has 102 valence electrons. The highest BCUT2D eigenvalue weighted by molar-refractivity contribution is 5.24. The predicted molar refractivity (Wildman–Crippen MR) is 69.9 cm³/mol. The highest BCUT2D eigenvalue weighted by Gasteiger charge is 2.04. The lowest BCUT2D eigenvalue weighted by atomic mass is 10.1. The Kier molecular flexibility index (Phi) is 6.86. The van der Waals surface area contributed by atoms with E-state index in [9.17, 15) is 4.39 Å². The van der Waals surface area contributed by atoms with Crippen molar-refractivity contribution in [3.63, 3.8) is 0 Å². The summed E-state index contributed by atoms with van der Waals surface area (Å²) in [6.45, 7) is 6.19. The first-order valence-corrected chi connectivity index (χ1v) is 6.21. The van der Waals surface area contributed by atoms with Gasteiger partial charge < -0.3 is 14.8 Å². The van der Waals surface area contributed by atoms with Crippen molar-refractivity contribution in [1.82, 2.24) is 5.32 Å². The van der Waals surface area contributed by atoms with Gasteiger partial charge in [0.1, 0.15) is 5.82 Å². The monoisotopic (exact) mass is 255 g/mol. The minimum absolute atomic E-state index is 0.222. The number of benzene rings is 1. The Balaban J connectivity index is 2.52. The van der Waals surface area contributed by atoms with E-state index in [1.165, 1.54) is 6.07 Å². The number of ether oxygens (including phenoxy) is 2. The molecule has 0 aliphatic heterocycles. The molecule has 0 spiro atoms. The van der Waals surface area contributed by atoms with Crippen LogP contribution in [0.4, 0.5) is 4.39 Å². The van der Waals surface area contributed by atoms with Gasteiger partial charge >= 0.3 is 0 Å². The standard InChI is InChI=1S/C14H22FNO2/c1-11(2)16-9-12-4-5-14(15)13(8-12)10-18-7-6-17-3/h4-5,8,11,16H,6-7,9-10H2,1-3H3. The average molecular weight is 255 g/mol. The van der Waals surface area contributed by atoms with Crippen molar-refractivity contribution in [1.29, 1.82) is 0 Å². The maximum atomic E-state index is 13.5. The van der Waals surface area contributed by atoms with Crippen LogP contribution in [0, 0.1) is 5.82 Å². The molecule has 1 aromatic carbocycles. The molecule has 0 saturated carbocycles. The minimum Gasteiger partial charge on any atom is -0.382 e. The van der Waals surface area contributed by atoms with E-state index in [0.29, 0.717) is 24.8 Å². The summed E-state index contributed by atoms with van der Waals surface area (Å²) in [7, 11) is 1.61. The SMILES string of the molecule is COCCOCc1cc(CNC(C)C)ccc1F. The molecule has 0 bridgehead atoms. The largest absolute Gasteiger partial charge is 0.382 e. The maximum Gasteiger partial charge on any atom is 0.128 e. The lowest BCUT2D eigenvalue weighted by molar-refractivity contribution is 0.0604. The zero-order valence-corrected chi connectivity index (χ0v) is 11.3. The van der Waals surface area contributed by atoms with Crippen LogP contribution in [0.3, 0.4) is 0 Å². The van der Waals surface area contributed by atoms with Gasteiger partial charge in [-0.25, -0.2) is 4.39 Å². The molecular formula is C14H22FNO2. The van der Waals surface area contributed by atoms with Crippen molar-refractivity contribution < 1.29 is 13.9 Å². The molecule has 1 N–H and O–H groups in total. The van der Waals surface area contributed by atoms with Gasteiger partial charge in [-0.1, -0.05) is 19.9 Å². The summed E-state index contributed by atoms with van der Waals surface area (Å²) in [4.78, 5) is 0. The highest BCUT2D eigenvalue weighted by Crippen LogP contribution is 2.12. The second-order valence-corrected chi connectivity index (χ2v) is 4.51. The fraction of sp³-hybridized carbons (Fsp3) is 0.571. The van der Waals surface area contributed by atoms with E-state index in [1.54, 1.807) is 13.2 Å². The van der Waals surface area contributed by atoms with Crippen LogP contribution in [0.1, 0.15) is 25.0 Å². The number of halogens is 1. The van der Waals surface area contributed by atoms with Gasteiger partial charge in [0.25, 0.3) is 0 Å². The van der Waals surface area contributed by atoms with E-state index in [4.69, 9.17) is 9.47 Å². The third-order valence-electron chi connectivity index (χ3n) is 2.51. The van der Waals surface area contributed by atoms with Gasteiger partial charge in [0.05, 0.1) is 19.8 Å². The number of rotatable bonds is 8. The zero-order valence-electron chi connectivity index (χ0n) is 11.3. The minimum atomic E-state index is -0.222. The van der Waals surface area contributed by atoms with Gasteiger partial charge in [-0.15, -0.1) is 0 Å². The topological polar surface area (TPSA) is 30.5 Å². The van der Waals surface area contributed by atoms with Crippen molar-refractivity contribution >= 4 is 0 Å². The molecule has 0 atom stereocenters. The number of nitrogens with one attached hydrogen (secondary N) is 1. The Bertz CT molecular complexity index is 356. The number of hydrogen-bond donors (Lipinski definition) is 1. The zero-order chi connectivity index (χ0) is 13.4. The Morgan fingerprint density at radius 3 is 2.72 bits per heavy atom. The van der Waals surface area contributed by atoms with Crippen LogP contribution in [0.2, 0.25) is 0 Å². The van der Waals surface area contributed by atoms with E-state index in [1.807, 2.05) is 6.07 Å². The van der Waals surface area contributed by atoms with E-state index in [2.05, 4.69) is 19.2 Å². The quantitative estimate of drug-likeness (QED) is 0.724. The van der Waals surface area contributed by atoms with Crippen LogP contribution in [0.5, 0.6) is 0 Å². The molecule has 0 aliphatic rings. The molecule has 0 radical (unpaired) electrons. The van der Waals surface area contributed by atoms with Gasteiger partial charge in [-0.2, -0.15) is 0 Å². The van der Waals surface area contributed by atoms with Crippen LogP contribution in [0.25, 0.3) is 0 Å². The van der Waals surface area contributed by atoms with Crippen molar-refractivity contribution in [2.75, 3.05) is 20.3 Å². The van der Waals surface area contributed by atoms with Crippen molar-refractivity contribution in [3.05, 3.63) is 35.1 Å². The molecule has 0 aromatic heterocycles. The summed E-state index contributed by atoms with van der Waals surface area (Å²) in [6.07, 6.45) is 0. The van der Waals surface area contributed by atoms with Gasteiger partial charge in [-0.05, 0) is 17.7 Å². The average Bonchev–Trinajstić information content (AvgIpc) is 2.35. The summed E-state index contributed by atoms with van der Waals surface area (Å²) in [5, 5.41) is 3.30. The van der Waals surface area contributed by atoms with E-state index >= 15 is 0 Å². The summed E-state index contributed by atoms with van der Waals surface area (Å²) in [5.74, 6) is -0.222. The smallest absolute Gasteiger partial charge is 0.128 e. The Hall–Kier alpha value is -0.970. The molecular weight excluding hydrogens is 233 g/mol. The highest BCUT2D eigenvalue weighted by atomic mass is 19.1. The van der Waals surface area contributed by atoms with Crippen LogP contribution < -0.4 is 5.32 Å². The predicted octanol–water partition coefficient (Wildman–Crippen LogP) is 2.49. The molecule has 18 heavy (non-hydrogen) atoms. The molecule has 4 heteroatoms. The summed E-state index contributed by atoms with van der Waals surface area (Å²) < 4.78 is 23.8. The van der Waals surface area contributed by atoms with Gasteiger partial charge in [0, 0.05) is 25.3 Å². The van der Waals surface area contributed by atoms with E-state index in [-0.39, 0.29) is 12.4 Å². The summed E-state index contributed by atoms with van der Waals surface area (Å²) in [6, 6.07) is 5.55. The molecule has 1 aromatic rings. The van der Waals surface area contributed by atoms with E-state index < -0.39 is 0 Å².